The summed E-state index contributed by atoms with van der Waals surface area (Å²) in [6.45, 7) is 0.982. The van der Waals surface area contributed by atoms with E-state index in [1.807, 2.05) is 11.9 Å². The Balaban J connectivity index is 2.35. The van der Waals surface area contributed by atoms with Crippen molar-refractivity contribution in [1.29, 1.82) is 0 Å². The molecule has 4 heteroatoms. The van der Waals surface area contributed by atoms with Crippen LogP contribution < -0.4 is 0 Å². The fourth-order valence-electron chi connectivity index (χ4n) is 1.10. The van der Waals surface area contributed by atoms with Gasteiger partial charge in [0.15, 0.2) is 0 Å². The van der Waals surface area contributed by atoms with E-state index in [2.05, 4.69) is 0 Å². The van der Waals surface area contributed by atoms with Crippen LogP contribution in [-0.4, -0.2) is 43.6 Å². The first-order valence-electron chi connectivity index (χ1n) is 4.07. The topological polar surface area (TPSA) is 32.8 Å². The highest BCUT2D eigenvalue weighted by Crippen LogP contribution is 2.23. The number of carbonyl (C=O) groups excluding carboxylic acids is 1. The normalized spacial score (nSPS) is 19.6. The summed E-state index contributed by atoms with van der Waals surface area (Å²) in [7, 11) is 5.29. The smallest absolute Gasteiger partial charge is 0.411 e. The molecule has 1 amide bonds. The van der Waals surface area contributed by atoms with E-state index in [0.717, 1.165) is 25.6 Å². The van der Waals surface area contributed by atoms with E-state index in [4.69, 9.17) is 4.74 Å². The summed E-state index contributed by atoms with van der Waals surface area (Å²) in [5.41, 5.74) is 0. The predicted molar refractivity (Wildman–Crippen MR) is 45.3 cm³/mol. The number of rotatable bonds is 1. The van der Waals surface area contributed by atoms with Crippen LogP contribution in [0.5, 0.6) is 0 Å². The third-order valence-corrected chi connectivity index (χ3v) is 1.88. The van der Waals surface area contributed by atoms with Crippen molar-refractivity contribution >= 4 is 6.09 Å². The second-order valence-electron chi connectivity index (χ2n) is 3.18. The first-order valence-corrected chi connectivity index (χ1v) is 4.07. The Kier molecular flexibility index (Phi) is 2.92. The molecule has 1 radical (unpaired) electrons. The van der Waals surface area contributed by atoms with Gasteiger partial charge in [-0.1, -0.05) is 0 Å². The van der Waals surface area contributed by atoms with Crippen LogP contribution in [0.15, 0.2) is 0 Å². The average molecular weight is 171 g/mol. The Morgan fingerprint density at radius 1 is 1.58 bits per heavy atom. The average Bonchev–Trinajstić information content (AvgIpc) is 2.36. The van der Waals surface area contributed by atoms with E-state index in [0.29, 0.717) is 0 Å². The number of hydrogen-bond acceptors (Lipinski definition) is 3. The zero-order valence-corrected chi connectivity index (χ0v) is 7.83. The van der Waals surface area contributed by atoms with Crippen LogP contribution in [0.3, 0.4) is 0 Å². The van der Waals surface area contributed by atoms with Crippen LogP contribution in [0.25, 0.3) is 0 Å². The Bertz CT molecular complexity index is 170. The van der Waals surface area contributed by atoms with Crippen molar-refractivity contribution in [2.24, 2.45) is 0 Å². The molecule has 1 aliphatic heterocycles. The summed E-state index contributed by atoms with van der Waals surface area (Å²) < 4.78 is 5.11. The Morgan fingerprint density at radius 3 is 2.67 bits per heavy atom. The van der Waals surface area contributed by atoms with E-state index in [1.165, 1.54) is 4.90 Å². The lowest BCUT2D eigenvalue weighted by atomic mass is 10.4. The van der Waals surface area contributed by atoms with Crippen molar-refractivity contribution in [3.8, 4) is 0 Å². The summed E-state index contributed by atoms with van der Waals surface area (Å²) in [4.78, 5) is 14.5. The quantitative estimate of drug-likeness (QED) is 0.587. The maximum absolute atomic E-state index is 11.1. The van der Waals surface area contributed by atoms with E-state index in [-0.39, 0.29) is 6.09 Å². The second-order valence-corrected chi connectivity index (χ2v) is 3.18. The summed E-state index contributed by atoms with van der Waals surface area (Å²) in [5, 5.41) is 0. The van der Waals surface area contributed by atoms with Gasteiger partial charge in [-0.25, -0.2) is 4.79 Å². The molecule has 0 aromatic heterocycles. The van der Waals surface area contributed by atoms with Gasteiger partial charge in [-0.15, -0.1) is 0 Å². The van der Waals surface area contributed by atoms with Gasteiger partial charge in [0.1, 0.15) is 0 Å². The minimum Gasteiger partial charge on any atom is -0.421 e. The van der Waals surface area contributed by atoms with Gasteiger partial charge >= 0.3 is 6.09 Å². The molecule has 0 aromatic rings. The van der Waals surface area contributed by atoms with Gasteiger partial charge in [0.05, 0.1) is 0 Å². The van der Waals surface area contributed by atoms with Crippen molar-refractivity contribution in [2.75, 3.05) is 27.7 Å². The minimum absolute atomic E-state index is 0.293. The van der Waals surface area contributed by atoms with Gasteiger partial charge in [-0.05, 0) is 13.5 Å². The highest BCUT2D eigenvalue weighted by Gasteiger charge is 2.26. The monoisotopic (exact) mass is 171 g/mol. The molecule has 4 nitrogen and oxygen atoms in total. The molecule has 0 aromatic carbocycles. The molecule has 1 heterocycles. The molecule has 0 saturated carbocycles. The molecule has 0 unspecified atom stereocenters. The van der Waals surface area contributed by atoms with Crippen molar-refractivity contribution < 1.29 is 9.53 Å². The Morgan fingerprint density at radius 2 is 2.25 bits per heavy atom. The molecule has 0 bridgehead atoms. The van der Waals surface area contributed by atoms with Crippen LogP contribution in [0.4, 0.5) is 4.79 Å². The first kappa shape index (κ1) is 9.32. The molecule has 1 rings (SSSR count). The standard InChI is InChI=1S/C8H15N2O2/c1-9(2)8(11)12-7-5-4-6-10(7)3/h4-6H2,1-3H3. The molecule has 0 aliphatic carbocycles. The minimum atomic E-state index is -0.293. The molecule has 0 N–H and O–H groups in total. The van der Waals surface area contributed by atoms with Gasteiger partial charge in [-0.2, -0.15) is 0 Å². The predicted octanol–water partition coefficient (Wildman–Crippen LogP) is 0.900. The van der Waals surface area contributed by atoms with Gasteiger partial charge in [0.2, 0.25) is 6.23 Å². The summed E-state index contributed by atoms with van der Waals surface area (Å²) in [6, 6.07) is 0. The molecule has 1 saturated heterocycles. The van der Waals surface area contributed by atoms with Gasteiger partial charge in [0.25, 0.3) is 0 Å². The summed E-state index contributed by atoms with van der Waals surface area (Å²) in [5.74, 6) is 0. The lowest BCUT2D eigenvalue weighted by molar-refractivity contribution is 0.0830. The third-order valence-electron chi connectivity index (χ3n) is 1.88. The number of amides is 1. The summed E-state index contributed by atoms with van der Waals surface area (Å²) in [6.07, 6.45) is 2.44. The highest BCUT2D eigenvalue weighted by molar-refractivity contribution is 5.67. The van der Waals surface area contributed by atoms with Gasteiger partial charge in [0, 0.05) is 27.1 Å². The SMILES string of the molecule is CN1CCC[C]1OC(=O)N(C)C. The zero-order valence-electron chi connectivity index (χ0n) is 7.83. The number of nitrogens with zero attached hydrogens (tertiary/aromatic N) is 2. The van der Waals surface area contributed by atoms with Crippen molar-refractivity contribution in [3.05, 3.63) is 6.23 Å². The van der Waals surface area contributed by atoms with Gasteiger partial charge in [-0.3, -0.25) is 4.90 Å². The fraction of sp³-hybridized carbons (Fsp3) is 0.750. The molecule has 0 spiro atoms. The maximum atomic E-state index is 11.1. The Hall–Kier alpha value is -0.770. The van der Waals surface area contributed by atoms with Crippen LogP contribution in [0.1, 0.15) is 12.8 Å². The highest BCUT2D eigenvalue weighted by atomic mass is 16.6. The molecular weight excluding hydrogens is 156 g/mol. The molecule has 69 valence electrons. The Labute approximate surface area is 73.1 Å². The molecular formula is C8H15N2O2. The molecule has 1 aliphatic rings. The van der Waals surface area contributed by atoms with Gasteiger partial charge < -0.3 is 9.64 Å². The first-order chi connectivity index (χ1) is 5.61. The molecule has 1 fully saturated rings. The van der Waals surface area contributed by atoms with Crippen molar-refractivity contribution in [1.82, 2.24) is 9.80 Å². The summed E-state index contributed by atoms with van der Waals surface area (Å²) >= 11 is 0. The molecule has 12 heavy (non-hydrogen) atoms. The number of likely N-dealkylation sites (tertiary alicyclic amines) is 1. The maximum Gasteiger partial charge on any atom is 0.411 e. The number of carbonyl (C=O) groups is 1. The van der Waals surface area contributed by atoms with Crippen LogP contribution >= 0.6 is 0 Å². The second kappa shape index (κ2) is 3.76. The number of hydrogen-bond donors (Lipinski definition) is 0. The van der Waals surface area contributed by atoms with Crippen molar-refractivity contribution in [2.45, 2.75) is 12.8 Å². The van der Waals surface area contributed by atoms with E-state index in [1.54, 1.807) is 14.1 Å². The zero-order chi connectivity index (χ0) is 9.14. The van der Waals surface area contributed by atoms with Crippen LogP contribution in [0.2, 0.25) is 0 Å². The largest absolute Gasteiger partial charge is 0.421 e. The van der Waals surface area contributed by atoms with Crippen molar-refractivity contribution in [3.63, 3.8) is 0 Å². The third kappa shape index (κ3) is 2.11. The lowest BCUT2D eigenvalue weighted by Gasteiger charge is -2.19. The van der Waals surface area contributed by atoms with E-state index in [9.17, 15) is 4.79 Å². The number of ether oxygens (including phenoxy) is 1. The van der Waals surface area contributed by atoms with E-state index >= 15 is 0 Å². The molecule has 0 atom stereocenters. The van der Waals surface area contributed by atoms with Crippen LogP contribution in [0, 0.1) is 6.23 Å². The van der Waals surface area contributed by atoms with E-state index < -0.39 is 0 Å². The van der Waals surface area contributed by atoms with Crippen LogP contribution in [-0.2, 0) is 4.74 Å². The fourth-order valence-corrected chi connectivity index (χ4v) is 1.10. The lowest BCUT2D eigenvalue weighted by Crippen LogP contribution is -2.29.